The van der Waals surface area contributed by atoms with Crippen molar-refractivity contribution in [1.82, 2.24) is 29.7 Å². The van der Waals surface area contributed by atoms with Gasteiger partial charge in [-0.15, -0.1) is 10.2 Å². The summed E-state index contributed by atoms with van der Waals surface area (Å²) in [6.07, 6.45) is 0. The lowest BCUT2D eigenvalue weighted by atomic mass is 10.6. The molecule has 2 aromatic rings. The first kappa shape index (κ1) is 12.9. The summed E-state index contributed by atoms with van der Waals surface area (Å²) in [7, 11) is -2.29. The van der Waals surface area contributed by atoms with Crippen LogP contribution in [-0.4, -0.2) is 45.1 Å². The highest BCUT2D eigenvalue weighted by Crippen LogP contribution is 2.20. The molecule has 2 heterocycles. The molecule has 0 saturated carbocycles. The van der Waals surface area contributed by atoms with Crippen molar-refractivity contribution in [3.8, 4) is 0 Å². The molecule has 0 aliphatic carbocycles. The summed E-state index contributed by atoms with van der Waals surface area (Å²) in [5.74, 6) is 1.01. The summed E-state index contributed by atoms with van der Waals surface area (Å²) >= 11 is 0.816. The van der Waals surface area contributed by atoms with E-state index in [4.69, 9.17) is 5.73 Å². The van der Waals surface area contributed by atoms with Gasteiger partial charge in [-0.2, -0.15) is 9.40 Å². The predicted molar refractivity (Wildman–Crippen MR) is 64.1 cm³/mol. The van der Waals surface area contributed by atoms with E-state index in [0.717, 1.165) is 15.6 Å². The van der Waals surface area contributed by atoms with Crippen LogP contribution in [0, 0.1) is 6.92 Å². The fraction of sp³-hybridized carbons (Fsp3) is 0.429. The van der Waals surface area contributed by atoms with E-state index < -0.39 is 10.0 Å². The molecule has 0 aromatic carbocycles. The van der Waals surface area contributed by atoms with E-state index in [0.29, 0.717) is 11.6 Å². The van der Waals surface area contributed by atoms with Gasteiger partial charge in [0.05, 0.1) is 6.54 Å². The minimum absolute atomic E-state index is 0.0478. The molecule has 0 amide bonds. The normalized spacial score (nSPS) is 12.2. The van der Waals surface area contributed by atoms with Gasteiger partial charge >= 0.3 is 0 Å². The third-order valence-electron chi connectivity index (χ3n) is 2.06. The highest BCUT2D eigenvalue weighted by molar-refractivity contribution is 7.91. The van der Waals surface area contributed by atoms with Crippen molar-refractivity contribution in [3.63, 3.8) is 0 Å². The summed E-state index contributed by atoms with van der Waals surface area (Å²) in [6.45, 7) is 1.78. The lowest BCUT2D eigenvalue weighted by Gasteiger charge is -2.12. The molecule has 9 nitrogen and oxygen atoms in total. The number of aromatic nitrogens is 5. The molecule has 0 aliphatic heterocycles. The topological polar surface area (TPSA) is 131 Å². The number of nitrogen functional groups attached to an aromatic ring is 1. The van der Waals surface area contributed by atoms with Crippen LogP contribution in [0.1, 0.15) is 11.6 Å². The molecule has 0 radical (unpaired) electrons. The highest BCUT2D eigenvalue weighted by atomic mass is 32.2. The number of rotatable bonds is 4. The quantitative estimate of drug-likeness (QED) is 0.765. The number of H-pyrrole nitrogens is 1. The lowest BCUT2D eigenvalue weighted by molar-refractivity contribution is 0.456. The number of aryl methyl sites for hydroxylation is 1. The molecule has 0 bridgehead atoms. The van der Waals surface area contributed by atoms with Crippen molar-refractivity contribution in [2.45, 2.75) is 17.8 Å². The molecule has 0 unspecified atom stereocenters. The molecule has 3 N–H and O–H groups in total. The van der Waals surface area contributed by atoms with E-state index in [2.05, 4.69) is 25.4 Å². The van der Waals surface area contributed by atoms with Crippen LogP contribution in [0.3, 0.4) is 0 Å². The van der Waals surface area contributed by atoms with E-state index in [1.807, 2.05) is 0 Å². The first-order valence-corrected chi connectivity index (χ1v) is 7.08. The van der Waals surface area contributed by atoms with E-state index in [1.54, 1.807) is 6.92 Å². The van der Waals surface area contributed by atoms with Crippen LogP contribution in [0.2, 0.25) is 0 Å². The molecule has 2 rings (SSSR count). The van der Waals surface area contributed by atoms with Crippen LogP contribution in [0.15, 0.2) is 4.34 Å². The number of anilines is 1. The average Bonchev–Trinajstić information content (AvgIpc) is 2.88. The van der Waals surface area contributed by atoms with E-state index >= 15 is 0 Å². The Labute approximate surface area is 107 Å². The van der Waals surface area contributed by atoms with Gasteiger partial charge in [0.25, 0.3) is 10.0 Å². The number of sulfonamides is 1. The third kappa shape index (κ3) is 2.47. The standard InChI is InChI=1S/C7H11N7O2S2/c1-4-9-5(11-10-4)3-14(2)18(15,16)7-13-12-6(8)17-7/h3H2,1-2H3,(H2,8,12)(H,9,10,11). The van der Waals surface area contributed by atoms with Crippen molar-refractivity contribution in [2.75, 3.05) is 12.8 Å². The maximum Gasteiger partial charge on any atom is 0.272 e. The van der Waals surface area contributed by atoms with Crippen LogP contribution in [0.5, 0.6) is 0 Å². The van der Waals surface area contributed by atoms with Crippen LogP contribution < -0.4 is 5.73 Å². The second-order valence-corrected chi connectivity index (χ2v) is 6.73. The van der Waals surface area contributed by atoms with Crippen molar-refractivity contribution in [2.24, 2.45) is 0 Å². The maximum absolute atomic E-state index is 12.1. The Hall–Kier alpha value is -1.59. The number of hydrogen-bond donors (Lipinski definition) is 2. The van der Waals surface area contributed by atoms with E-state index in [1.165, 1.54) is 7.05 Å². The van der Waals surface area contributed by atoms with Gasteiger partial charge in [-0.3, -0.25) is 5.10 Å². The molecule has 0 saturated heterocycles. The molecular weight excluding hydrogens is 278 g/mol. The second-order valence-electron chi connectivity index (χ2n) is 3.50. The Morgan fingerprint density at radius 3 is 2.67 bits per heavy atom. The van der Waals surface area contributed by atoms with Gasteiger partial charge in [0, 0.05) is 7.05 Å². The van der Waals surface area contributed by atoms with Crippen LogP contribution in [-0.2, 0) is 16.6 Å². The number of nitrogens with two attached hydrogens (primary N) is 1. The van der Waals surface area contributed by atoms with Gasteiger partial charge in [0.2, 0.25) is 9.47 Å². The zero-order valence-electron chi connectivity index (χ0n) is 9.65. The Bertz CT molecular complexity index is 646. The van der Waals surface area contributed by atoms with Crippen LogP contribution in [0.4, 0.5) is 5.13 Å². The Kier molecular flexibility index (Phi) is 3.28. The molecule has 11 heteroatoms. The van der Waals surface area contributed by atoms with Gasteiger partial charge < -0.3 is 5.73 Å². The first-order chi connectivity index (χ1) is 8.39. The third-order valence-corrected chi connectivity index (χ3v) is 4.96. The smallest absolute Gasteiger partial charge is 0.272 e. The number of nitrogens with one attached hydrogen (secondary N) is 1. The van der Waals surface area contributed by atoms with E-state index in [9.17, 15) is 8.42 Å². The first-order valence-electron chi connectivity index (χ1n) is 4.83. The lowest BCUT2D eigenvalue weighted by Crippen LogP contribution is -2.27. The van der Waals surface area contributed by atoms with Gasteiger partial charge in [0.1, 0.15) is 5.82 Å². The minimum atomic E-state index is -3.70. The van der Waals surface area contributed by atoms with Crippen molar-refractivity contribution in [1.29, 1.82) is 0 Å². The summed E-state index contributed by atoms with van der Waals surface area (Å²) in [6, 6.07) is 0. The highest BCUT2D eigenvalue weighted by Gasteiger charge is 2.26. The summed E-state index contributed by atoms with van der Waals surface area (Å²) in [5.41, 5.74) is 5.36. The average molecular weight is 289 g/mol. The fourth-order valence-electron chi connectivity index (χ4n) is 1.20. The van der Waals surface area contributed by atoms with Gasteiger partial charge in [-0.25, -0.2) is 13.4 Å². The van der Waals surface area contributed by atoms with Gasteiger partial charge in [-0.05, 0) is 6.92 Å². The molecule has 98 valence electrons. The Morgan fingerprint density at radius 1 is 1.44 bits per heavy atom. The number of aromatic amines is 1. The summed E-state index contributed by atoms with van der Waals surface area (Å²) < 4.78 is 25.1. The molecular formula is C7H11N7O2S2. The number of nitrogens with zero attached hydrogens (tertiary/aromatic N) is 5. The molecule has 0 aliphatic rings. The molecule has 0 fully saturated rings. The van der Waals surface area contributed by atoms with Crippen LogP contribution >= 0.6 is 11.3 Å². The second kappa shape index (κ2) is 4.59. The Morgan fingerprint density at radius 2 is 2.17 bits per heavy atom. The fourth-order valence-corrected chi connectivity index (χ4v) is 3.30. The molecule has 18 heavy (non-hydrogen) atoms. The van der Waals surface area contributed by atoms with E-state index in [-0.39, 0.29) is 16.0 Å². The van der Waals surface area contributed by atoms with Crippen molar-refractivity contribution in [3.05, 3.63) is 11.6 Å². The predicted octanol–water partition coefficient (Wildman–Crippen LogP) is -0.632. The largest absolute Gasteiger partial charge is 0.374 e. The summed E-state index contributed by atoms with van der Waals surface area (Å²) in [4.78, 5) is 4.03. The maximum atomic E-state index is 12.1. The van der Waals surface area contributed by atoms with Crippen molar-refractivity contribution >= 4 is 26.5 Å². The van der Waals surface area contributed by atoms with Crippen molar-refractivity contribution < 1.29 is 8.42 Å². The monoisotopic (exact) mass is 289 g/mol. The summed E-state index contributed by atoms with van der Waals surface area (Å²) in [5, 5.41) is 13.6. The van der Waals surface area contributed by atoms with Gasteiger partial charge in [0.15, 0.2) is 5.82 Å². The SMILES string of the molecule is Cc1nc(CN(C)S(=O)(=O)c2nnc(N)s2)n[nH]1. The molecule has 2 aromatic heterocycles. The van der Waals surface area contributed by atoms with Crippen LogP contribution in [0.25, 0.3) is 0 Å². The minimum Gasteiger partial charge on any atom is -0.374 e. The molecule has 0 spiro atoms. The Balaban J connectivity index is 2.20. The molecule has 0 atom stereocenters. The zero-order chi connectivity index (χ0) is 13.3. The number of hydrogen-bond acceptors (Lipinski definition) is 8. The van der Waals surface area contributed by atoms with Gasteiger partial charge in [-0.1, -0.05) is 11.3 Å². The zero-order valence-corrected chi connectivity index (χ0v) is 11.3.